The summed E-state index contributed by atoms with van der Waals surface area (Å²) in [4.78, 5) is 19.7. The van der Waals surface area contributed by atoms with E-state index in [2.05, 4.69) is 20.7 Å². The molecule has 1 unspecified atom stereocenters. The highest BCUT2D eigenvalue weighted by molar-refractivity contribution is 5.95. The van der Waals surface area contributed by atoms with Crippen LogP contribution in [0.5, 0.6) is 0 Å². The van der Waals surface area contributed by atoms with E-state index in [1.54, 1.807) is 20.0 Å². The molecule has 2 aromatic rings. The van der Waals surface area contributed by atoms with Crippen molar-refractivity contribution >= 4 is 11.7 Å². The first-order chi connectivity index (χ1) is 9.52. The van der Waals surface area contributed by atoms with Crippen molar-refractivity contribution in [3.63, 3.8) is 0 Å². The first kappa shape index (κ1) is 13.9. The van der Waals surface area contributed by atoms with Crippen LogP contribution in [0, 0.1) is 12.7 Å². The van der Waals surface area contributed by atoms with Gasteiger partial charge in [-0.25, -0.2) is 20.2 Å². The van der Waals surface area contributed by atoms with Crippen molar-refractivity contribution in [2.24, 2.45) is 5.84 Å². The minimum absolute atomic E-state index is 0.164. The smallest absolute Gasteiger partial charge is 0.255 e. The molecule has 106 valence electrons. The minimum Gasteiger partial charge on any atom is -0.444 e. The van der Waals surface area contributed by atoms with Crippen LogP contribution < -0.4 is 16.6 Å². The van der Waals surface area contributed by atoms with E-state index in [0.29, 0.717) is 11.7 Å². The molecular formula is C12H14FN5O2. The lowest BCUT2D eigenvalue weighted by molar-refractivity contribution is 0.0929. The Morgan fingerprint density at radius 3 is 2.85 bits per heavy atom. The zero-order valence-electron chi connectivity index (χ0n) is 11.0. The number of carbonyl (C=O) groups is 1. The van der Waals surface area contributed by atoms with Crippen LogP contribution in [-0.2, 0) is 0 Å². The maximum absolute atomic E-state index is 13.9. The van der Waals surface area contributed by atoms with Crippen LogP contribution in [-0.4, -0.2) is 15.9 Å². The van der Waals surface area contributed by atoms with Crippen LogP contribution in [0.4, 0.5) is 10.2 Å². The quantitative estimate of drug-likeness (QED) is 0.575. The predicted molar refractivity (Wildman–Crippen MR) is 69.1 cm³/mol. The standard InChI is InChI=1S/C12H14FN5O2/c1-6-5-16-12(20-6)7(2)17-11(19)8-3-4-15-10(18-14)9(8)13/h3-5,7H,14H2,1-2H3,(H,15,18)(H,17,19). The highest BCUT2D eigenvalue weighted by Gasteiger charge is 2.19. The lowest BCUT2D eigenvalue weighted by Crippen LogP contribution is -2.28. The van der Waals surface area contributed by atoms with Gasteiger partial charge in [0.05, 0.1) is 11.8 Å². The number of aryl methyl sites for hydroxylation is 1. The van der Waals surface area contributed by atoms with Crippen LogP contribution in [0.1, 0.15) is 35.0 Å². The number of anilines is 1. The van der Waals surface area contributed by atoms with Crippen molar-refractivity contribution in [3.8, 4) is 0 Å². The number of nitrogen functional groups attached to an aromatic ring is 1. The summed E-state index contributed by atoms with van der Waals surface area (Å²) in [5.74, 6) is 4.47. The highest BCUT2D eigenvalue weighted by Crippen LogP contribution is 2.16. The van der Waals surface area contributed by atoms with E-state index in [-0.39, 0.29) is 11.4 Å². The second-order valence-corrected chi connectivity index (χ2v) is 4.17. The molecule has 8 heteroatoms. The normalized spacial score (nSPS) is 12.0. The van der Waals surface area contributed by atoms with Gasteiger partial charge in [0.15, 0.2) is 11.6 Å². The van der Waals surface area contributed by atoms with Gasteiger partial charge in [-0.05, 0) is 19.9 Å². The molecule has 20 heavy (non-hydrogen) atoms. The summed E-state index contributed by atoms with van der Waals surface area (Å²) in [7, 11) is 0. The SMILES string of the molecule is Cc1cnc(C(C)NC(=O)c2ccnc(NN)c2F)o1. The number of oxazole rings is 1. The van der Waals surface area contributed by atoms with Gasteiger partial charge in [0.2, 0.25) is 5.89 Å². The van der Waals surface area contributed by atoms with Gasteiger partial charge in [0.25, 0.3) is 5.91 Å². The molecule has 2 heterocycles. The molecule has 0 aromatic carbocycles. The fourth-order valence-corrected chi connectivity index (χ4v) is 1.63. The number of rotatable bonds is 4. The molecule has 0 saturated heterocycles. The Balaban J connectivity index is 2.16. The van der Waals surface area contributed by atoms with Crippen molar-refractivity contribution in [1.29, 1.82) is 0 Å². The average Bonchev–Trinajstić information content (AvgIpc) is 2.85. The number of nitrogens with two attached hydrogens (primary N) is 1. The maximum Gasteiger partial charge on any atom is 0.255 e. The number of nitrogens with zero attached hydrogens (tertiary/aromatic N) is 2. The number of nitrogens with one attached hydrogen (secondary N) is 2. The molecule has 0 fully saturated rings. The third-order valence-electron chi connectivity index (χ3n) is 2.63. The van der Waals surface area contributed by atoms with Crippen LogP contribution >= 0.6 is 0 Å². The predicted octanol–water partition coefficient (Wildman–Crippen LogP) is 1.29. The molecule has 0 spiro atoms. The third kappa shape index (κ3) is 2.75. The van der Waals surface area contributed by atoms with E-state index in [1.807, 2.05) is 0 Å². The van der Waals surface area contributed by atoms with Gasteiger partial charge in [-0.15, -0.1) is 0 Å². The van der Waals surface area contributed by atoms with Crippen molar-refractivity contribution in [3.05, 3.63) is 41.5 Å². The summed E-state index contributed by atoms with van der Waals surface area (Å²) >= 11 is 0. The molecular weight excluding hydrogens is 265 g/mol. The molecule has 1 atom stereocenters. The number of hydrogen-bond donors (Lipinski definition) is 3. The third-order valence-corrected chi connectivity index (χ3v) is 2.63. The molecule has 0 saturated carbocycles. The summed E-state index contributed by atoms with van der Waals surface area (Å²) < 4.78 is 19.2. The minimum atomic E-state index is -0.816. The monoisotopic (exact) mass is 279 g/mol. The van der Waals surface area contributed by atoms with Gasteiger partial charge in [-0.3, -0.25) is 4.79 Å². The largest absolute Gasteiger partial charge is 0.444 e. The molecule has 2 rings (SSSR count). The van der Waals surface area contributed by atoms with Gasteiger partial charge >= 0.3 is 0 Å². The fourth-order valence-electron chi connectivity index (χ4n) is 1.63. The van der Waals surface area contributed by atoms with Gasteiger partial charge in [-0.1, -0.05) is 0 Å². The molecule has 7 nitrogen and oxygen atoms in total. The number of pyridine rings is 1. The molecule has 0 radical (unpaired) electrons. The Hall–Kier alpha value is -2.48. The molecule has 0 aliphatic heterocycles. The molecule has 0 aliphatic rings. The molecule has 1 amide bonds. The van der Waals surface area contributed by atoms with Gasteiger partial charge in [0, 0.05) is 6.20 Å². The highest BCUT2D eigenvalue weighted by atomic mass is 19.1. The molecule has 0 aliphatic carbocycles. The Morgan fingerprint density at radius 1 is 1.50 bits per heavy atom. The van der Waals surface area contributed by atoms with Gasteiger partial charge in [0.1, 0.15) is 11.8 Å². The maximum atomic E-state index is 13.9. The second-order valence-electron chi connectivity index (χ2n) is 4.17. The summed E-state index contributed by atoms with van der Waals surface area (Å²) in [6.45, 7) is 3.43. The Kier molecular flexibility index (Phi) is 3.94. The number of hydrazine groups is 1. The van der Waals surface area contributed by atoms with Crippen LogP contribution in [0.25, 0.3) is 0 Å². The van der Waals surface area contributed by atoms with E-state index in [4.69, 9.17) is 10.3 Å². The van der Waals surface area contributed by atoms with Crippen molar-refractivity contribution < 1.29 is 13.6 Å². The number of carbonyl (C=O) groups excluding carboxylic acids is 1. The number of hydrogen-bond acceptors (Lipinski definition) is 6. The Bertz CT molecular complexity index is 628. The fraction of sp³-hybridized carbons (Fsp3) is 0.250. The number of amides is 1. The van der Waals surface area contributed by atoms with Crippen molar-refractivity contribution in [1.82, 2.24) is 15.3 Å². The van der Waals surface area contributed by atoms with Crippen molar-refractivity contribution in [2.75, 3.05) is 5.43 Å². The summed E-state index contributed by atoms with van der Waals surface area (Å²) in [6, 6.07) is 0.775. The van der Waals surface area contributed by atoms with Gasteiger partial charge < -0.3 is 15.2 Å². The van der Waals surface area contributed by atoms with E-state index >= 15 is 0 Å². The van der Waals surface area contributed by atoms with E-state index in [9.17, 15) is 9.18 Å². The number of aromatic nitrogens is 2. The first-order valence-corrected chi connectivity index (χ1v) is 5.87. The summed E-state index contributed by atoms with van der Waals surface area (Å²) in [5, 5.41) is 2.59. The summed E-state index contributed by atoms with van der Waals surface area (Å²) in [5.41, 5.74) is 1.92. The zero-order valence-corrected chi connectivity index (χ0v) is 11.0. The Labute approximate surface area is 114 Å². The molecule has 0 bridgehead atoms. The molecule has 2 aromatic heterocycles. The lowest BCUT2D eigenvalue weighted by Gasteiger charge is -2.11. The Morgan fingerprint density at radius 2 is 2.25 bits per heavy atom. The zero-order chi connectivity index (χ0) is 14.7. The average molecular weight is 279 g/mol. The summed E-state index contributed by atoms with van der Waals surface area (Å²) in [6.07, 6.45) is 2.83. The van der Waals surface area contributed by atoms with Gasteiger partial charge in [-0.2, -0.15) is 0 Å². The van der Waals surface area contributed by atoms with E-state index in [0.717, 1.165) is 0 Å². The van der Waals surface area contributed by atoms with Crippen molar-refractivity contribution in [2.45, 2.75) is 19.9 Å². The topological polar surface area (TPSA) is 106 Å². The van der Waals surface area contributed by atoms with E-state index < -0.39 is 17.8 Å². The van der Waals surface area contributed by atoms with E-state index in [1.165, 1.54) is 12.3 Å². The molecule has 4 N–H and O–H groups in total. The second kappa shape index (κ2) is 5.66. The lowest BCUT2D eigenvalue weighted by atomic mass is 10.2. The van der Waals surface area contributed by atoms with Crippen LogP contribution in [0.2, 0.25) is 0 Å². The number of halogens is 1. The first-order valence-electron chi connectivity index (χ1n) is 5.87. The van der Waals surface area contributed by atoms with Crippen LogP contribution in [0.3, 0.4) is 0 Å². The van der Waals surface area contributed by atoms with Crippen LogP contribution in [0.15, 0.2) is 22.9 Å².